The van der Waals surface area contributed by atoms with Gasteiger partial charge in [-0.25, -0.2) is 9.59 Å². The lowest BCUT2D eigenvalue weighted by Crippen LogP contribution is -2.22. The van der Waals surface area contributed by atoms with Crippen molar-refractivity contribution in [3.8, 4) is 5.75 Å². The van der Waals surface area contributed by atoms with Crippen LogP contribution >= 0.6 is 11.8 Å². The molecule has 0 aliphatic heterocycles. The number of aliphatic hydroxyl groups excluding tert-OH is 1. The summed E-state index contributed by atoms with van der Waals surface area (Å²) in [6.07, 6.45) is 4.54. The predicted octanol–water partition coefficient (Wildman–Crippen LogP) is 5.13. The summed E-state index contributed by atoms with van der Waals surface area (Å²) in [5, 5.41) is 20.6. The van der Waals surface area contributed by atoms with E-state index in [0.717, 1.165) is 11.0 Å². The van der Waals surface area contributed by atoms with Gasteiger partial charge in [-0.1, -0.05) is 31.2 Å². The Bertz CT molecular complexity index is 900. The van der Waals surface area contributed by atoms with Gasteiger partial charge >= 0.3 is 12.1 Å². The van der Waals surface area contributed by atoms with Crippen LogP contribution in [-0.4, -0.2) is 41.7 Å². The highest BCUT2D eigenvalue weighted by atomic mass is 32.2. The lowest BCUT2D eigenvalue weighted by molar-refractivity contribution is -0.131. The van der Waals surface area contributed by atoms with Gasteiger partial charge < -0.3 is 19.7 Å². The Hall–Kier alpha value is -2.97. The lowest BCUT2D eigenvalue weighted by Gasteiger charge is -2.26. The summed E-state index contributed by atoms with van der Waals surface area (Å²) in [7, 11) is 0. The largest absolute Gasteiger partial charge is 0.491 e. The van der Waals surface area contributed by atoms with Crippen molar-refractivity contribution in [2.24, 2.45) is 5.92 Å². The minimum Gasteiger partial charge on any atom is -0.491 e. The summed E-state index contributed by atoms with van der Waals surface area (Å²) >= 11 is 1.61. The summed E-state index contributed by atoms with van der Waals surface area (Å²) in [5.74, 6) is -0.603. The van der Waals surface area contributed by atoms with Crippen LogP contribution in [-0.2, 0) is 9.53 Å². The van der Waals surface area contributed by atoms with Crippen molar-refractivity contribution in [3.63, 3.8) is 0 Å². The van der Waals surface area contributed by atoms with E-state index in [-0.39, 0.29) is 19.1 Å². The van der Waals surface area contributed by atoms with Crippen LogP contribution in [0.3, 0.4) is 0 Å². The number of nitrogens with one attached hydrogen (secondary N) is 1. The molecule has 0 aromatic heterocycles. The van der Waals surface area contributed by atoms with E-state index in [1.165, 1.54) is 0 Å². The molecule has 0 bridgehead atoms. The predicted molar refractivity (Wildman–Crippen MR) is 125 cm³/mol. The molecule has 0 aliphatic carbocycles. The van der Waals surface area contributed by atoms with Gasteiger partial charge in [-0.15, -0.1) is 11.8 Å². The number of carboxylic acids is 1. The first-order valence-electron chi connectivity index (χ1n) is 10.3. The van der Waals surface area contributed by atoms with Crippen LogP contribution in [0, 0.1) is 5.92 Å². The topological polar surface area (TPSA) is 105 Å². The first-order chi connectivity index (χ1) is 15.4. The SMILES string of the molecule is CSc1ccc(NC(=O)O[C@H](c2ccccc2OCCO)[C@H](C)CC/C=C/C(=O)O)cc1. The second-order valence-corrected chi connectivity index (χ2v) is 7.96. The zero-order valence-electron chi connectivity index (χ0n) is 18.2. The second-order valence-electron chi connectivity index (χ2n) is 7.08. The van der Waals surface area contributed by atoms with Gasteiger partial charge in [-0.05, 0) is 55.3 Å². The second kappa shape index (κ2) is 13.4. The molecular weight excluding hydrogens is 430 g/mol. The van der Waals surface area contributed by atoms with Crippen molar-refractivity contribution in [1.29, 1.82) is 0 Å². The smallest absolute Gasteiger partial charge is 0.412 e. The van der Waals surface area contributed by atoms with Crippen molar-refractivity contribution in [2.45, 2.75) is 30.8 Å². The number of carbonyl (C=O) groups excluding carboxylic acids is 1. The molecule has 0 heterocycles. The average molecular weight is 460 g/mol. The van der Waals surface area contributed by atoms with Crippen LogP contribution in [0.2, 0.25) is 0 Å². The number of hydrogen-bond donors (Lipinski definition) is 3. The fraction of sp³-hybridized carbons (Fsp3) is 0.333. The van der Waals surface area contributed by atoms with Crippen molar-refractivity contribution in [2.75, 3.05) is 24.8 Å². The molecule has 8 heteroatoms. The number of rotatable bonds is 12. The van der Waals surface area contributed by atoms with Gasteiger partial charge in [0.1, 0.15) is 18.5 Å². The molecule has 0 fully saturated rings. The highest BCUT2D eigenvalue weighted by molar-refractivity contribution is 7.98. The maximum Gasteiger partial charge on any atom is 0.412 e. The standard InChI is InChI=1S/C24H29NO6S/c1-17(7-3-6-10-22(27)28)23(20-8-4-5-9-21(20)30-16-15-26)31-24(29)25-18-11-13-19(32-2)14-12-18/h4-6,8-14,17,23,26H,3,7,15-16H2,1-2H3,(H,25,29)(H,27,28)/b10-6+/t17-,23+/m1/s1. The monoisotopic (exact) mass is 459 g/mol. The minimum atomic E-state index is -1.000. The van der Waals surface area contributed by atoms with Crippen LogP contribution in [0.5, 0.6) is 5.75 Å². The minimum absolute atomic E-state index is 0.119. The van der Waals surface area contributed by atoms with E-state index in [4.69, 9.17) is 19.7 Å². The number of allylic oxidation sites excluding steroid dienone is 1. The fourth-order valence-electron chi connectivity index (χ4n) is 3.12. The summed E-state index contributed by atoms with van der Waals surface area (Å²) < 4.78 is 11.5. The Kier molecular flexibility index (Phi) is 10.6. The van der Waals surface area contributed by atoms with E-state index < -0.39 is 18.2 Å². The molecule has 0 radical (unpaired) electrons. The number of para-hydroxylation sites is 1. The van der Waals surface area contributed by atoms with E-state index in [9.17, 15) is 9.59 Å². The van der Waals surface area contributed by atoms with Gasteiger partial charge in [-0.3, -0.25) is 5.32 Å². The molecule has 2 atom stereocenters. The molecule has 0 spiro atoms. The molecule has 0 unspecified atom stereocenters. The number of aliphatic carboxylic acids is 1. The van der Waals surface area contributed by atoms with Crippen LogP contribution in [0.1, 0.15) is 31.4 Å². The van der Waals surface area contributed by atoms with Gasteiger partial charge in [0.25, 0.3) is 0 Å². The number of hydrogen-bond acceptors (Lipinski definition) is 6. The summed E-state index contributed by atoms with van der Waals surface area (Å²) in [5.41, 5.74) is 1.30. The third-order valence-corrected chi connectivity index (χ3v) is 5.45. The highest BCUT2D eigenvalue weighted by Crippen LogP contribution is 2.35. The number of ether oxygens (including phenoxy) is 2. The van der Waals surface area contributed by atoms with Gasteiger partial charge in [0.15, 0.2) is 0 Å². The van der Waals surface area contributed by atoms with E-state index in [1.54, 1.807) is 42.1 Å². The van der Waals surface area contributed by atoms with Gasteiger partial charge in [0.05, 0.1) is 6.61 Å². The number of benzene rings is 2. The first kappa shape index (κ1) is 25.3. The third-order valence-electron chi connectivity index (χ3n) is 4.71. The highest BCUT2D eigenvalue weighted by Gasteiger charge is 2.26. The van der Waals surface area contributed by atoms with Crippen molar-refractivity contribution in [3.05, 3.63) is 66.2 Å². The molecule has 0 saturated carbocycles. The molecule has 32 heavy (non-hydrogen) atoms. The van der Waals surface area contributed by atoms with Crippen molar-refractivity contribution in [1.82, 2.24) is 0 Å². The summed E-state index contributed by atoms with van der Waals surface area (Å²) in [4.78, 5) is 24.5. The van der Waals surface area contributed by atoms with Gasteiger partial charge in [-0.2, -0.15) is 0 Å². The Balaban J connectivity index is 2.19. The molecule has 172 valence electrons. The lowest BCUT2D eigenvalue weighted by atomic mass is 9.92. The van der Waals surface area contributed by atoms with Gasteiger partial charge in [0, 0.05) is 22.2 Å². The first-order valence-corrected chi connectivity index (χ1v) is 11.5. The number of carboxylic acid groups (broad SMARTS) is 1. The van der Waals surface area contributed by atoms with Crippen molar-refractivity contribution >= 4 is 29.5 Å². The molecule has 2 aromatic rings. The number of carbonyl (C=O) groups is 2. The van der Waals surface area contributed by atoms with Crippen LogP contribution in [0.15, 0.2) is 65.6 Å². The quantitative estimate of drug-likeness (QED) is 0.299. The van der Waals surface area contributed by atoms with E-state index in [0.29, 0.717) is 29.8 Å². The normalized spacial score (nSPS) is 12.8. The van der Waals surface area contributed by atoms with Gasteiger partial charge in [0.2, 0.25) is 0 Å². The van der Waals surface area contributed by atoms with E-state index in [2.05, 4.69) is 5.32 Å². The van der Waals surface area contributed by atoms with Crippen LogP contribution in [0.4, 0.5) is 10.5 Å². The summed E-state index contributed by atoms with van der Waals surface area (Å²) in [6.45, 7) is 1.91. The average Bonchev–Trinajstić information content (AvgIpc) is 2.79. The number of amides is 1. The third kappa shape index (κ3) is 8.28. The van der Waals surface area contributed by atoms with Crippen LogP contribution in [0.25, 0.3) is 0 Å². The number of thioether (sulfide) groups is 1. The molecule has 7 nitrogen and oxygen atoms in total. The maximum absolute atomic E-state index is 12.7. The molecule has 0 aliphatic rings. The van der Waals surface area contributed by atoms with Crippen molar-refractivity contribution < 1.29 is 29.3 Å². The zero-order valence-corrected chi connectivity index (χ0v) is 19.0. The Labute approximate surface area is 192 Å². The molecule has 3 N–H and O–H groups in total. The molecular formula is C24H29NO6S. The number of anilines is 1. The molecule has 2 aromatic carbocycles. The zero-order chi connectivity index (χ0) is 23.3. The Morgan fingerprint density at radius 1 is 1.16 bits per heavy atom. The summed E-state index contributed by atoms with van der Waals surface area (Å²) in [6, 6.07) is 14.6. The Morgan fingerprint density at radius 2 is 1.88 bits per heavy atom. The van der Waals surface area contributed by atoms with E-state index in [1.807, 2.05) is 37.4 Å². The maximum atomic E-state index is 12.7. The Morgan fingerprint density at radius 3 is 2.53 bits per heavy atom. The van der Waals surface area contributed by atoms with Crippen LogP contribution < -0.4 is 10.1 Å². The molecule has 1 amide bonds. The fourth-order valence-corrected chi connectivity index (χ4v) is 3.53. The number of aliphatic hydroxyl groups is 1. The van der Waals surface area contributed by atoms with E-state index >= 15 is 0 Å². The molecule has 0 saturated heterocycles. The molecule has 2 rings (SSSR count).